The first kappa shape index (κ1) is 17.4. The molecule has 0 spiro atoms. The van der Waals surface area contributed by atoms with E-state index >= 15 is 0 Å². The highest BCUT2D eigenvalue weighted by Crippen LogP contribution is 2.27. The summed E-state index contributed by atoms with van der Waals surface area (Å²) >= 11 is 1.52. The van der Waals surface area contributed by atoms with Crippen molar-refractivity contribution in [1.82, 2.24) is 4.57 Å². The van der Waals surface area contributed by atoms with E-state index in [-0.39, 0.29) is 5.91 Å². The Labute approximate surface area is 151 Å². The third kappa shape index (κ3) is 3.37. The zero-order chi connectivity index (χ0) is 18.0. The van der Waals surface area contributed by atoms with E-state index in [0.29, 0.717) is 10.4 Å². The van der Waals surface area contributed by atoms with Gasteiger partial charge in [-0.25, -0.2) is 0 Å². The summed E-state index contributed by atoms with van der Waals surface area (Å²) < 4.78 is 8.66. The Hall–Kier alpha value is -2.40. The molecule has 2 aromatic carbocycles. The Morgan fingerprint density at radius 3 is 2.72 bits per heavy atom. The smallest absolute Gasteiger partial charge is 0.279 e. The Bertz CT molecular complexity index is 999. The first-order valence-corrected chi connectivity index (χ1v) is 9.19. The summed E-state index contributed by atoms with van der Waals surface area (Å²) in [6, 6.07) is 11.8. The summed E-state index contributed by atoms with van der Waals surface area (Å²) in [7, 11) is 1.67. The van der Waals surface area contributed by atoms with Gasteiger partial charge in [-0.1, -0.05) is 42.0 Å². The van der Waals surface area contributed by atoms with E-state index in [0.717, 1.165) is 40.1 Å². The highest BCUT2D eigenvalue weighted by molar-refractivity contribution is 7.16. The lowest BCUT2D eigenvalue weighted by molar-refractivity contribution is 0.0997. The van der Waals surface area contributed by atoms with Crippen molar-refractivity contribution in [3.63, 3.8) is 0 Å². The maximum absolute atomic E-state index is 12.7. The number of amides is 1. The van der Waals surface area contributed by atoms with Crippen LogP contribution in [0.3, 0.4) is 0 Å². The summed E-state index contributed by atoms with van der Waals surface area (Å²) in [5.41, 5.74) is 3.75. The van der Waals surface area contributed by atoms with Crippen LogP contribution in [0.25, 0.3) is 10.2 Å². The number of fused-ring (bicyclic) bond motifs is 1. The molecule has 0 atom stereocenters. The normalized spacial score (nSPS) is 11.9. The van der Waals surface area contributed by atoms with Crippen LogP contribution in [-0.2, 0) is 6.54 Å². The SMILES string of the molecule is CCCn1c(=NC(=O)c2ccc(C)cc2C)sc2cccc(OC)c21. The minimum atomic E-state index is -0.201. The molecule has 1 aromatic heterocycles. The van der Waals surface area contributed by atoms with Gasteiger partial charge in [0, 0.05) is 12.1 Å². The van der Waals surface area contributed by atoms with Crippen LogP contribution in [0, 0.1) is 13.8 Å². The molecule has 0 bridgehead atoms. The van der Waals surface area contributed by atoms with Gasteiger partial charge < -0.3 is 9.30 Å². The second-order valence-corrected chi connectivity index (χ2v) is 7.09. The van der Waals surface area contributed by atoms with Crippen molar-refractivity contribution in [2.75, 3.05) is 7.11 Å². The number of aryl methyl sites for hydroxylation is 3. The number of aromatic nitrogens is 1. The Balaban J connectivity index is 2.18. The van der Waals surface area contributed by atoms with Crippen molar-refractivity contribution in [3.8, 4) is 5.75 Å². The molecule has 3 aromatic rings. The molecule has 0 aliphatic carbocycles. The molecule has 25 heavy (non-hydrogen) atoms. The van der Waals surface area contributed by atoms with Gasteiger partial charge in [-0.3, -0.25) is 4.79 Å². The van der Waals surface area contributed by atoms with Gasteiger partial charge in [0.1, 0.15) is 11.3 Å². The maximum atomic E-state index is 12.7. The predicted octanol–water partition coefficient (Wildman–Crippen LogP) is 4.48. The van der Waals surface area contributed by atoms with E-state index < -0.39 is 0 Å². The standard InChI is InChI=1S/C20H22N2O2S/c1-5-11-22-18-16(24-4)7-6-8-17(18)25-20(22)21-19(23)15-10-9-13(2)12-14(15)3/h6-10,12H,5,11H2,1-4H3. The third-order valence-corrected chi connectivity index (χ3v) is 5.18. The molecule has 0 N–H and O–H groups in total. The Morgan fingerprint density at radius 1 is 1.24 bits per heavy atom. The van der Waals surface area contributed by atoms with Crippen LogP contribution in [0.5, 0.6) is 5.75 Å². The van der Waals surface area contributed by atoms with Gasteiger partial charge in [0.05, 0.1) is 11.8 Å². The lowest BCUT2D eigenvalue weighted by Crippen LogP contribution is -2.17. The van der Waals surface area contributed by atoms with Crippen LogP contribution < -0.4 is 9.54 Å². The largest absolute Gasteiger partial charge is 0.495 e. The number of methoxy groups -OCH3 is 1. The van der Waals surface area contributed by atoms with E-state index in [1.165, 1.54) is 11.3 Å². The summed E-state index contributed by atoms with van der Waals surface area (Å²) in [6.07, 6.45) is 0.953. The summed E-state index contributed by atoms with van der Waals surface area (Å²) in [5.74, 6) is 0.607. The predicted molar refractivity (Wildman–Crippen MR) is 102 cm³/mol. The van der Waals surface area contributed by atoms with Crippen LogP contribution in [0.15, 0.2) is 41.4 Å². The van der Waals surface area contributed by atoms with E-state index in [2.05, 4.69) is 16.5 Å². The van der Waals surface area contributed by atoms with Crippen LogP contribution in [0.4, 0.5) is 0 Å². The average molecular weight is 354 g/mol. The minimum absolute atomic E-state index is 0.201. The van der Waals surface area contributed by atoms with Crippen LogP contribution >= 0.6 is 11.3 Å². The second kappa shape index (κ2) is 7.23. The molecule has 0 unspecified atom stereocenters. The van der Waals surface area contributed by atoms with Gasteiger partial charge in [-0.15, -0.1) is 0 Å². The summed E-state index contributed by atoms with van der Waals surface area (Å²) in [5, 5.41) is 0. The Morgan fingerprint density at radius 2 is 2.04 bits per heavy atom. The molecule has 3 rings (SSSR count). The van der Waals surface area contributed by atoms with Gasteiger partial charge in [-0.2, -0.15) is 4.99 Å². The molecule has 0 aliphatic heterocycles. The number of hydrogen-bond donors (Lipinski definition) is 0. The fourth-order valence-corrected chi connectivity index (χ4v) is 4.05. The third-order valence-electron chi connectivity index (χ3n) is 4.14. The monoisotopic (exact) mass is 354 g/mol. The van der Waals surface area contributed by atoms with E-state index in [1.807, 2.05) is 50.2 Å². The first-order valence-electron chi connectivity index (χ1n) is 8.37. The number of para-hydroxylation sites is 1. The molecular weight excluding hydrogens is 332 g/mol. The number of thiazole rings is 1. The molecule has 1 heterocycles. The number of hydrogen-bond acceptors (Lipinski definition) is 3. The molecule has 130 valence electrons. The Kier molecular flexibility index (Phi) is 5.04. The summed E-state index contributed by atoms with van der Waals surface area (Å²) in [6.45, 7) is 6.87. The maximum Gasteiger partial charge on any atom is 0.279 e. The zero-order valence-electron chi connectivity index (χ0n) is 15.0. The molecule has 4 nitrogen and oxygen atoms in total. The second-order valence-electron chi connectivity index (χ2n) is 6.08. The number of rotatable bonds is 4. The number of nitrogens with zero attached hydrogens (tertiary/aromatic N) is 2. The molecule has 0 saturated carbocycles. The average Bonchev–Trinajstić information content (AvgIpc) is 2.92. The fraction of sp³-hybridized carbons (Fsp3) is 0.300. The van der Waals surface area contributed by atoms with E-state index in [9.17, 15) is 4.79 Å². The van der Waals surface area contributed by atoms with Gasteiger partial charge in [0.15, 0.2) is 4.80 Å². The highest BCUT2D eigenvalue weighted by Gasteiger charge is 2.13. The number of carbonyl (C=O) groups is 1. The first-order chi connectivity index (χ1) is 12.0. The van der Waals surface area contributed by atoms with Crippen molar-refractivity contribution in [2.24, 2.45) is 4.99 Å². The van der Waals surface area contributed by atoms with Crippen molar-refractivity contribution in [3.05, 3.63) is 57.9 Å². The van der Waals surface area contributed by atoms with Crippen LogP contribution in [-0.4, -0.2) is 17.6 Å². The quantitative estimate of drug-likeness (QED) is 0.693. The van der Waals surface area contributed by atoms with Crippen molar-refractivity contribution < 1.29 is 9.53 Å². The van der Waals surface area contributed by atoms with Crippen molar-refractivity contribution >= 4 is 27.5 Å². The minimum Gasteiger partial charge on any atom is -0.495 e. The molecule has 0 aliphatic rings. The number of benzene rings is 2. The van der Waals surface area contributed by atoms with Crippen LogP contribution in [0.2, 0.25) is 0 Å². The van der Waals surface area contributed by atoms with E-state index in [1.54, 1.807) is 7.11 Å². The molecule has 0 fully saturated rings. The van der Waals surface area contributed by atoms with Crippen LogP contribution in [0.1, 0.15) is 34.8 Å². The lowest BCUT2D eigenvalue weighted by atomic mass is 10.1. The van der Waals surface area contributed by atoms with Crippen molar-refractivity contribution in [2.45, 2.75) is 33.7 Å². The van der Waals surface area contributed by atoms with Crippen molar-refractivity contribution in [1.29, 1.82) is 0 Å². The summed E-state index contributed by atoms with van der Waals surface area (Å²) in [4.78, 5) is 17.9. The lowest BCUT2D eigenvalue weighted by Gasteiger charge is -2.07. The number of ether oxygens (including phenoxy) is 1. The van der Waals surface area contributed by atoms with Gasteiger partial charge in [0.25, 0.3) is 5.91 Å². The van der Waals surface area contributed by atoms with E-state index in [4.69, 9.17) is 4.74 Å². The topological polar surface area (TPSA) is 43.6 Å². The number of carbonyl (C=O) groups excluding carboxylic acids is 1. The fourth-order valence-electron chi connectivity index (χ4n) is 2.98. The molecule has 0 radical (unpaired) electrons. The molecule has 1 amide bonds. The molecule has 0 saturated heterocycles. The zero-order valence-corrected chi connectivity index (χ0v) is 15.8. The molecular formula is C20H22N2O2S. The van der Waals surface area contributed by atoms with Gasteiger partial charge in [-0.05, 0) is 44.0 Å². The molecule has 5 heteroatoms. The highest BCUT2D eigenvalue weighted by atomic mass is 32.1. The van der Waals surface area contributed by atoms with Gasteiger partial charge in [0.2, 0.25) is 0 Å². The van der Waals surface area contributed by atoms with Gasteiger partial charge >= 0.3 is 0 Å².